The van der Waals surface area contributed by atoms with Crippen molar-refractivity contribution in [2.45, 2.75) is 26.0 Å². The molecule has 1 aromatic rings. The highest BCUT2D eigenvalue weighted by Crippen LogP contribution is 2.30. The van der Waals surface area contributed by atoms with Crippen molar-refractivity contribution in [3.8, 4) is 11.5 Å². The molecule has 2 rings (SSSR count). The summed E-state index contributed by atoms with van der Waals surface area (Å²) in [5.74, 6) is 1.52. The van der Waals surface area contributed by atoms with Gasteiger partial charge >= 0.3 is 0 Å². The number of nitrogens with two attached hydrogens (primary N) is 1. The SMILES string of the molecule is CC(C)C(N)C(=O)N(C)CC1COc2ccccc2O1.Cl. The van der Waals surface area contributed by atoms with Crippen molar-refractivity contribution < 1.29 is 14.3 Å². The van der Waals surface area contributed by atoms with Gasteiger partial charge in [0.25, 0.3) is 0 Å². The zero-order valence-corrected chi connectivity index (χ0v) is 13.4. The summed E-state index contributed by atoms with van der Waals surface area (Å²) in [5, 5.41) is 0. The third-order valence-corrected chi connectivity index (χ3v) is 3.42. The van der Waals surface area contributed by atoms with Crippen LogP contribution < -0.4 is 15.2 Å². The number of fused-ring (bicyclic) bond motifs is 1. The number of nitrogens with zero attached hydrogens (tertiary/aromatic N) is 1. The lowest BCUT2D eigenvalue weighted by atomic mass is 10.0. The van der Waals surface area contributed by atoms with E-state index in [4.69, 9.17) is 15.2 Å². The van der Waals surface area contributed by atoms with Gasteiger partial charge in [-0.05, 0) is 18.1 Å². The number of rotatable bonds is 4. The Morgan fingerprint density at radius 1 is 1.38 bits per heavy atom. The van der Waals surface area contributed by atoms with Crippen LogP contribution >= 0.6 is 12.4 Å². The maximum Gasteiger partial charge on any atom is 0.239 e. The molecule has 2 N–H and O–H groups in total. The number of ether oxygens (including phenoxy) is 2. The first-order valence-electron chi connectivity index (χ1n) is 6.88. The predicted octanol–water partition coefficient (Wildman–Crippen LogP) is 1.69. The summed E-state index contributed by atoms with van der Waals surface area (Å²) in [5.41, 5.74) is 5.88. The fourth-order valence-corrected chi connectivity index (χ4v) is 2.09. The quantitative estimate of drug-likeness (QED) is 0.918. The molecule has 0 spiro atoms. The fourth-order valence-electron chi connectivity index (χ4n) is 2.09. The summed E-state index contributed by atoms with van der Waals surface area (Å²) in [6, 6.07) is 7.06. The molecule has 5 nitrogen and oxygen atoms in total. The van der Waals surface area contributed by atoms with E-state index in [-0.39, 0.29) is 30.3 Å². The highest BCUT2D eigenvalue weighted by Gasteiger charge is 2.26. The van der Waals surface area contributed by atoms with Gasteiger partial charge in [-0.2, -0.15) is 0 Å². The first kappa shape index (κ1) is 17.6. The molecule has 0 radical (unpaired) electrons. The van der Waals surface area contributed by atoms with Crippen molar-refractivity contribution in [1.82, 2.24) is 4.90 Å². The van der Waals surface area contributed by atoms with Crippen LogP contribution in [0.4, 0.5) is 0 Å². The van der Waals surface area contributed by atoms with Crippen LogP contribution in [0.1, 0.15) is 13.8 Å². The molecular formula is C15H23ClN2O3. The molecule has 1 aliphatic rings. The van der Waals surface area contributed by atoms with Crippen LogP contribution in [0.5, 0.6) is 11.5 Å². The molecule has 1 aliphatic heterocycles. The molecule has 118 valence electrons. The molecule has 0 saturated carbocycles. The van der Waals surface area contributed by atoms with E-state index >= 15 is 0 Å². The lowest BCUT2D eigenvalue weighted by molar-refractivity contribution is -0.133. The highest BCUT2D eigenvalue weighted by atomic mass is 35.5. The molecule has 1 amide bonds. The largest absolute Gasteiger partial charge is 0.486 e. The highest BCUT2D eigenvalue weighted by molar-refractivity contribution is 5.85. The van der Waals surface area contributed by atoms with E-state index in [0.717, 1.165) is 11.5 Å². The van der Waals surface area contributed by atoms with Gasteiger partial charge in [-0.25, -0.2) is 0 Å². The molecule has 2 atom stereocenters. The van der Waals surface area contributed by atoms with Gasteiger partial charge in [0.05, 0.1) is 12.6 Å². The lowest BCUT2D eigenvalue weighted by Gasteiger charge is -2.31. The summed E-state index contributed by atoms with van der Waals surface area (Å²) in [6.07, 6.45) is -0.168. The number of carbonyl (C=O) groups is 1. The molecule has 1 aromatic carbocycles. The average Bonchev–Trinajstić information content (AvgIpc) is 2.45. The number of amides is 1. The van der Waals surface area contributed by atoms with Gasteiger partial charge < -0.3 is 20.1 Å². The van der Waals surface area contributed by atoms with Crippen LogP contribution in [0, 0.1) is 5.92 Å². The molecule has 21 heavy (non-hydrogen) atoms. The second kappa shape index (κ2) is 7.52. The van der Waals surface area contributed by atoms with Crippen LogP contribution in [-0.2, 0) is 4.79 Å². The van der Waals surface area contributed by atoms with Crippen LogP contribution in [0.15, 0.2) is 24.3 Å². The van der Waals surface area contributed by atoms with Gasteiger partial charge in [0, 0.05) is 7.05 Å². The van der Waals surface area contributed by atoms with Crippen LogP contribution in [0.2, 0.25) is 0 Å². The molecule has 0 bridgehead atoms. The third kappa shape index (κ3) is 4.25. The monoisotopic (exact) mass is 314 g/mol. The van der Waals surface area contributed by atoms with E-state index in [1.54, 1.807) is 11.9 Å². The van der Waals surface area contributed by atoms with Crippen molar-refractivity contribution >= 4 is 18.3 Å². The Labute approximate surface area is 131 Å². The van der Waals surface area contributed by atoms with Crippen molar-refractivity contribution in [2.24, 2.45) is 11.7 Å². The number of hydrogen-bond donors (Lipinski definition) is 1. The number of halogens is 1. The first-order chi connectivity index (χ1) is 9.49. The summed E-state index contributed by atoms with van der Waals surface area (Å²) in [7, 11) is 1.74. The molecule has 0 aliphatic carbocycles. The van der Waals surface area contributed by atoms with Crippen molar-refractivity contribution in [2.75, 3.05) is 20.2 Å². The Morgan fingerprint density at radius 3 is 2.62 bits per heavy atom. The van der Waals surface area contributed by atoms with E-state index in [1.807, 2.05) is 38.1 Å². The van der Waals surface area contributed by atoms with Crippen LogP contribution in [0.3, 0.4) is 0 Å². The number of likely N-dealkylation sites (N-methyl/N-ethyl adjacent to an activating group) is 1. The van der Waals surface area contributed by atoms with Gasteiger partial charge in [0.15, 0.2) is 17.6 Å². The Kier molecular flexibility index (Phi) is 6.30. The van der Waals surface area contributed by atoms with Gasteiger partial charge in [0.1, 0.15) is 6.61 Å². The topological polar surface area (TPSA) is 64.8 Å². The Morgan fingerprint density at radius 2 is 2.00 bits per heavy atom. The molecule has 2 unspecified atom stereocenters. The maximum atomic E-state index is 12.1. The fraction of sp³-hybridized carbons (Fsp3) is 0.533. The summed E-state index contributed by atoms with van der Waals surface area (Å²) >= 11 is 0. The molecule has 0 saturated heterocycles. The smallest absolute Gasteiger partial charge is 0.239 e. The Hall–Kier alpha value is -1.46. The van der Waals surface area contributed by atoms with E-state index < -0.39 is 6.04 Å². The summed E-state index contributed by atoms with van der Waals surface area (Å²) in [4.78, 5) is 13.7. The number of benzene rings is 1. The number of para-hydroxylation sites is 2. The van der Waals surface area contributed by atoms with E-state index in [0.29, 0.717) is 13.2 Å². The van der Waals surface area contributed by atoms with E-state index in [1.165, 1.54) is 0 Å². The van der Waals surface area contributed by atoms with E-state index in [2.05, 4.69) is 0 Å². The van der Waals surface area contributed by atoms with Gasteiger partial charge in [0.2, 0.25) is 5.91 Å². The number of carbonyl (C=O) groups excluding carboxylic acids is 1. The summed E-state index contributed by atoms with van der Waals surface area (Å²) < 4.78 is 11.5. The third-order valence-electron chi connectivity index (χ3n) is 3.42. The van der Waals surface area contributed by atoms with Gasteiger partial charge in [-0.3, -0.25) is 4.79 Å². The zero-order valence-electron chi connectivity index (χ0n) is 12.6. The molecule has 6 heteroatoms. The number of hydrogen-bond acceptors (Lipinski definition) is 4. The molecule has 0 fully saturated rings. The standard InChI is InChI=1S/C15H22N2O3.ClH/c1-10(2)14(16)15(18)17(3)8-11-9-19-12-6-4-5-7-13(12)20-11;/h4-7,10-11,14H,8-9,16H2,1-3H3;1H. The van der Waals surface area contributed by atoms with Crippen molar-refractivity contribution in [3.05, 3.63) is 24.3 Å². The second-order valence-electron chi connectivity index (χ2n) is 5.49. The molecule has 0 aromatic heterocycles. The lowest BCUT2D eigenvalue weighted by Crippen LogP contribution is -2.49. The molecule has 1 heterocycles. The maximum absolute atomic E-state index is 12.1. The zero-order chi connectivity index (χ0) is 14.7. The van der Waals surface area contributed by atoms with Gasteiger partial charge in [-0.15, -0.1) is 12.4 Å². The minimum absolute atomic E-state index is 0. The van der Waals surface area contributed by atoms with Crippen molar-refractivity contribution in [3.63, 3.8) is 0 Å². The predicted molar refractivity (Wildman–Crippen MR) is 84.1 cm³/mol. The van der Waals surface area contributed by atoms with Crippen molar-refractivity contribution in [1.29, 1.82) is 0 Å². The van der Waals surface area contributed by atoms with Crippen LogP contribution in [-0.4, -0.2) is 43.2 Å². The molecular weight excluding hydrogens is 292 g/mol. The average molecular weight is 315 g/mol. The van der Waals surface area contributed by atoms with Gasteiger partial charge in [-0.1, -0.05) is 26.0 Å². The minimum Gasteiger partial charge on any atom is -0.486 e. The Balaban J connectivity index is 0.00000220. The minimum atomic E-state index is -0.475. The van der Waals surface area contributed by atoms with Crippen LogP contribution in [0.25, 0.3) is 0 Å². The summed E-state index contributed by atoms with van der Waals surface area (Å²) in [6.45, 7) is 4.78. The Bertz CT molecular complexity index is 482. The second-order valence-corrected chi connectivity index (χ2v) is 5.49. The van der Waals surface area contributed by atoms with E-state index in [9.17, 15) is 4.79 Å². The normalized spacial score (nSPS) is 17.9. The first-order valence-corrected chi connectivity index (χ1v) is 6.88.